The zero-order chi connectivity index (χ0) is 15.7. The van der Waals surface area contributed by atoms with E-state index in [0.717, 1.165) is 22.7 Å². The van der Waals surface area contributed by atoms with Gasteiger partial charge in [0.15, 0.2) is 0 Å². The molecule has 0 bridgehead atoms. The van der Waals surface area contributed by atoms with Gasteiger partial charge in [-0.1, -0.05) is 0 Å². The van der Waals surface area contributed by atoms with Crippen molar-refractivity contribution < 1.29 is 14.6 Å². The first-order chi connectivity index (χ1) is 10.5. The van der Waals surface area contributed by atoms with Crippen LogP contribution in [0, 0.1) is 0 Å². The smallest absolute Gasteiger partial charge is 0.407 e. The summed E-state index contributed by atoms with van der Waals surface area (Å²) in [5, 5.41) is 10.4. The van der Waals surface area contributed by atoms with Gasteiger partial charge >= 0.3 is 6.09 Å². The molecule has 3 rings (SSSR count). The molecule has 0 radical (unpaired) electrons. The molecule has 1 aromatic carbocycles. The molecule has 1 atom stereocenters. The van der Waals surface area contributed by atoms with Crippen LogP contribution in [0.5, 0.6) is 5.75 Å². The van der Waals surface area contributed by atoms with Crippen molar-refractivity contribution in [2.24, 2.45) is 0 Å². The molecule has 6 nitrogen and oxygen atoms in total. The van der Waals surface area contributed by atoms with Crippen LogP contribution in [0.25, 0.3) is 10.8 Å². The maximum atomic E-state index is 11.8. The van der Waals surface area contributed by atoms with E-state index in [4.69, 9.17) is 9.84 Å². The number of amides is 1. The van der Waals surface area contributed by atoms with Crippen LogP contribution in [0.2, 0.25) is 0 Å². The van der Waals surface area contributed by atoms with Gasteiger partial charge < -0.3 is 19.7 Å². The van der Waals surface area contributed by atoms with Crippen LogP contribution in [0.1, 0.15) is 12.8 Å². The van der Waals surface area contributed by atoms with E-state index in [2.05, 4.69) is 20.9 Å². The number of fused-ring (bicyclic) bond motifs is 1. The lowest BCUT2D eigenvalue weighted by molar-refractivity contribution is 0.0792. The van der Waals surface area contributed by atoms with Crippen LogP contribution in [0.15, 0.2) is 33.7 Å². The number of H-pyrrole nitrogens is 1. The first-order valence-electron chi connectivity index (χ1n) is 7.00. The normalized spacial score (nSPS) is 18.4. The van der Waals surface area contributed by atoms with E-state index in [-0.39, 0.29) is 11.7 Å². The van der Waals surface area contributed by atoms with Crippen molar-refractivity contribution in [3.63, 3.8) is 0 Å². The number of rotatable bonds is 2. The molecule has 116 valence electrons. The number of ether oxygens (including phenoxy) is 1. The van der Waals surface area contributed by atoms with Crippen molar-refractivity contribution in [1.29, 1.82) is 0 Å². The minimum Gasteiger partial charge on any atom is -0.489 e. The highest BCUT2D eigenvalue weighted by Gasteiger charge is 2.24. The van der Waals surface area contributed by atoms with E-state index in [1.54, 1.807) is 24.4 Å². The van der Waals surface area contributed by atoms with Gasteiger partial charge in [-0.05, 0) is 47.0 Å². The molecule has 0 spiro atoms. The number of carboxylic acid groups (broad SMARTS) is 1. The number of hydrogen-bond donors (Lipinski definition) is 2. The zero-order valence-electron chi connectivity index (χ0n) is 11.7. The summed E-state index contributed by atoms with van der Waals surface area (Å²) in [4.78, 5) is 26.8. The Hall–Kier alpha value is -2.02. The van der Waals surface area contributed by atoms with E-state index in [9.17, 15) is 9.59 Å². The van der Waals surface area contributed by atoms with Gasteiger partial charge in [0.25, 0.3) is 5.56 Å². The van der Waals surface area contributed by atoms with Gasteiger partial charge in [-0.2, -0.15) is 0 Å². The number of nitrogens with zero attached hydrogens (tertiary/aromatic N) is 1. The van der Waals surface area contributed by atoms with Crippen molar-refractivity contribution in [2.75, 3.05) is 13.1 Å². The van der Waals surface area contributed by atoms with E-state index >= 15 is 0 Å². The largest absolute Gasteiger partial charge is 0.489 e. The average molecular weight is 367 g/mol. The number of benzene rings is 1. The predicted octanol–water partition coefficient (Wildman–Crippen LogP) is 2.81. The second kappa shape index (κ2) is 6.00. The standard InChI is InChI=1S/C15H15BrN2O4/c16-13-7-17-14(19)11-4-3-9(6-12(11)13)22-10-2-1-5-18(8-10)15(20)21/h3-4,6-7,10H,1-2,5,8H2,(H,17,19)(H,20,21). The first kappa shape index (κ1) is 14.9. The van der Waals surface area contributed by atoms with Gasteiger partial charge in [0.2, 0.25) is 0 Å². The number of pyridine rings is 1. The highest BCUT2D eigenvalue weighted by molar-refractivity contribution is 9.10. The number of likely N-dealkylation sites (tertiary alicyclic amines) is 1. The molecule has 1 aliphatic heterocycles. The third-order valence-corrected chi connectivity index (χ3v) is 4.43. The second-order valence-electron chi connectivity index (χ2n) is 5.28. The van der Waals surface area contributed by atoms with Gasteiger partial charge in [-0.25, -0.2) is 4.79 Å². The molecule has 1 saturated heterocycles. The maximum Gasteiger partial charge on any atom is 0.407 e. The van der Waals surface area contributed by atoms with Crippen LogP contribution in [-0.4, -0.2) is 40.3 Å². The topological polar surface area (TPSA) is 82.6 Å². The quantitative estimate of drug-likeness (QED) is 0.855. The first-order valence-corrected chi connectivity index (χ1v) is 7.79. The molecule has 2 aromatic rings. The Morgan fingerprint density at radius 2 is 2.23 bits per heavy atom. The predicted molar refractivity (Wildman–Crippen MR) is 85.5 cm³/mol. The second-order valence-corrected chi connectivity index (χ2v) is 6.14. The summed E-state index contributed by atoms with van der Waals surface area (Å²) in [6, 6.07) is 5.25. The third-order valence-electron chi connectivity index (χ3n) is 3.77. The summed E-state index contributed by atoms with van der Waals surface area (Å²) in [7, 11) is 0. The van der Waals surface area contributed by atoms with E-state index < -0.39 is 6.09 Å². The molecular weight excluding hydrogens is 352 g/mol. The molecule has 0 saturated carbocycles. The molecule has 22 heavy (non-hydrogen) atoms. The Morgan fingerprint density at radius 1 is 1.41 bits per heavy atom. The van der Waals surface area contributed by atoms with Gasteiger partial charge in [0.05, 0.1) is 6.54 Å². The van der Waals surface area contributed by atoms with Crippen molar-refractivity contribution in [1.82, 2.24) is 9.88 Å². The molecule has 2 heterocycles. The van der Waals surface area contributed by atoms with Gasteiger partial charge in [0, 0.05) is 28.0 Å². The minimum absolute atomic E-state index is 0.153. The monoisotopic (exact) mass is 366 g/mol. The number of carbonyl (C=O) groups is 1. The molecule has 7 heteroatoms. The average Bonchev–Trinajstić information content (AvgIpc) is 2.51. The maximum absolute atomic E-state index is 11.8. The molecule has 1 aliphatic rings. The Morgan fingerprint density at radius 3 is 3.00 bits per heavy atom. The van der Waals surface area contributed by atoms with Crippen molar-refractivity contribution >= 4 is 32.8 Å². The Labute approximate surface area is 134 Å². The summed E-state index contributed by atoms with van der Waals surface area (Å²) < 4.78 is 6.68. The number of aromatic amines is 1. The lowest BCUT2D eigenvalue weighted by atomic mass is 10.1. The fourth-order valence-electron chi connectivity index (χ4n) is 2.68. The molecule has 1 fully saturated rings. The summed E-state index contributed by atoms with van der Waals surface area (Å²) in [6.45, 7) is 0.914. The number of halogens is 1. The van der Waals surface area contributed by atoms with E-state index in [1.807, 2.05) is 0 Å². The molecule has 1 aromatic heterocycles. The highest BCUT2D eigenvalue weighted by atomic mass is 79.9. The third kappa shape index (κ3) is 2.94. The fourth-order valence-corrected chi connectivity index (χ4v) is 3.12. The zero-order valence-corrected chi connectivity index (χ0v) is 13.3. The molecule has 1 amide bonds. The lowest BCUT2D eigenvalue weighted by Gasteiger charge is -2.31. The van der Waals surface area contributed by atoms with E-state index in [0.29, 0.717) is 24.2 Å². The number of nitrogens with one attached hydrogen (secondary N) is 1. The fraction of sp³-hybridized carbons (Fsp3) is 0.333. The number of piperidine rings is 1. The lowest BCUT2D eigenvalue weighted by Crippen LogP contribution is -2.43. The van der Waals surface area contributed by atoms with E-state index in [1.165, 1.54) is 4.90 Å². The summed E-state index contributed by atoms with van der Waals surface area (Å²) in [5.74, 6) is 0.635. The Bertz CT molecular complexity index is 774. The number of hydrogen-bond acceptors (Lipinski definition) is 3. The molecule has 1 unspecified atom stereocenters. The van der Waals surface area contributed by atoms with Crippen molar-refractivity contribution in [2.45, 2.75) is 18.9 Å². The summed E-state index contributed by atoms with van der Waals surface area (Å²) in [5.41, 5.74) is -0.153. The van der Waals surface area contributed by atoms with Crippen molar-refractivity contribution in [3.8, 4) is 5.75 Å². The Balaban J connectivity index is 1.84. The summed E-state index contributed by atoms with van der Waals surface area (Å²) >= 11 is 3.41. The molecule has 0 aliphatic carbocycles. The SMILES string of the molecule is O=C(O)N1CCCC(Oc2ccc3c(=O)[nH]cc(Br)c3c2)C1. The molecule has 2 N–H and O–H groups in total. The van der Waals surface area contributed by atoms with Gasteiger partial charge in [0.1, 0.15) is 11.9 Å². The highest BCUT2D eigenvalue weighted by Crippen LogP contribution is 2.26. The van der Waals surface area contributed by atoms with Crippen molar-refractivity contribution in [3.05, 3.63) is 39.2 Å². The summed E-state index contributed by atoms with van der Waals surface area (Å²) in [6.07, 6.45) is 2.12. The van der Waals surface area contributed by atoms with Gasteiger partial charge in [-0.3, -0.25) is 4.79 Å². The van der Waals surface area contributed by atoms with Crippen LogP contribution < -0.4 is 10.3 Å². The Kier molecular flexibility index (Phi) is 4.06. The molecular formula is C15H15BrN2O4. The van der Waals surface area contributed by atoms with Crippen LogP contribution in [0.3, 0.4) is 0 Å². The van der Waals surface area contributed by atoms with Gasteiger partial charge in [-0.15, -0.1) is 0 Å². The van der Waals surface area contributed by atoms with Crippen LogP contribution >= 0.6 is 15.9 Å². The number of aromatic nitrogens is 1. The minimum atomic E-state index is -0.916. The van der Waals surface area contributed by atoms with Crippen LogP contribution in [0.4, 0.5) is 4.79 Å². The van der Waals surface area contributed by atoms with Crippen LogP contribution in [-0.2, 0) is 0 Å².